The average Bonchev–Trinajstić information content (AvgIpc) is 3.23. The van der Waals surface area contributed by atoms with Crippen molar-refractivity contribution in [3.05, 3.63) is 52.2 Å². The Balaban J connectivity index is 1.63. The number of carbonyl (C=O) groups excluding carboxylic acids is 1. The lowest BCUT2D eigenvalue weighted by Crippen LogP contribution is -2.34. The van der Waals surface area contributed by atoms with Gasteiger partial charge in [0.1, 0.15) is 0 Å². The molecule has 1 fully saturated rings. The van der Waals surface area contributed by atoms with Gasteiger partial charge >= 0.3 is 0 Å². The molecule has 1 aromatic heterocycles. The molecule has 4 nitrogen and oxygen atoms in total. The molecule has 1 aromatic carbocycles. The molecule has 1 aliphatic heterocycles. The smallest absolute Gasteiger partial charge is 0.242 e. The van der Waals surface area contributed by atoms with Crippen molar-refractivity contribution in [2.75, 3.05) is 18.4 Å². The van der Waals surface area contributed by atoms with E-state index in [0.717, 1.165) is 25.1 Å². The molecule has 0 radical (unpaired) electrons. The van der Waals surface area contributed by atoms with Crippen molar-refractivity contribution in [2.45, 2.75) is 18.9 Å². The van der Waals surface area contributed by atoms with Crippen LogP contribution in [-0.2, 0) is 4.79 Å². The maximum Gasteiger partial charge on any atom is 0.242 e. The molecule has 1 aliphatic rings. The van der Waals surface area contributed by atoms with E-state index in [1.54, 1.807) is 23.5 Å². The number of anilines is 1. The first kappa shape index (κ1) is 14.6. The third-order valence-corrected chi connectivity index (χ3v) is 4.85. The molecule has 1 atom stereocenters. The zero-order valence-corrected chi connectivity index (χ0v) is 13.0. The molecular formula is C17H17N3OS. The molecule has 2 aromatic rings. The van der Waals surface area contributed by atoms with E-state index in [1.807, 2.05) is 23.1 Å². The molecule has 5 heteroatoms. The highest BCUT2D eigenvalue weighted by molar-refractivity contribution is 7.10. The highest BCUT2D eigenvalue weighted by Crippen LogP contribution is 2.34. The number of rotatable bonds is 4. The minimum Gasteiger partial charge on any atom is -0.376 e. The van der Waals surface area contributed by atoms with Gasteiger partial charge < -0.3 is 10.2 Å². The minimum absolute atomic E-state index is 0.110. The zero-order valence-electron chi connectivity index (χ0n) is 12.2. The van der Waals surface area contributed by atoms with Crippen LogP contribution in [0.1, 0.15) is 29.3 Å². The summed E-state index contributed by atoms with van der Waals surface area (Å²) in [5, 5.41) is 14.1. The van der Waals surface area contributed by atoms with Gasteiger partial charge in [-0.2, -0.15) is 5.26 Å². The Morgan fingerprint density at radius 2 is 2.32 bits per heavy atom. The Kier molecular flexibility index (Phi) is 4.40. The molecule has 2 heterocycles. The Labute approximate surface area is 134 Å². The summed E-state index contributed by atoms with van der Waals surface area (Å²) >= 11 is 1.71. The van der Waals surface area contributed by atoms with Crippen LogP contribution in [0.15, 0.2) is 41.8 Å². The molecule has 3 rings (SSSR count). The maximum atomic E-state index is 12.5. The first-order chi connectivity index (χ1) is 10.8. The quantitative estimate of drug-likeness (QED) is 0.941. The number of nitriles is 1. The number of hydrogen-bond donors (Lipinski definition) is 1. The van der Waals surface area contributed by atoms with E-state index >= 15 is 0 Å². The highest BCUT2D eigenvalue weighted by Gasteiger charge is 2.30. The van der Waals surface area contributed by atoms with Crippen molar-refractivity contribution < 1.29 is 4.79 Å². The largest absolute Gasteiger partial charge is 0.376 e. The number of thiophene rings is 1. The Hall–Kier alpha value is -2.32. The van der Waals surface area contributed by atoms with Crippen LogP contribution in [0.5, 0.6) is 0 Å². The third-order valence-electron chi connectivity index (χ3n) is 3.88. The van der Waals surface area contributed by atoms with Gasteiger partial charge in [-0.05, 0) is 42.5 Å². The topological polar surface area (TPSA) is 56.1 Å². The van der Waals surface area contributed by atoms with Gasteiger partial charge in [0.2, 0.25) is 5.91 Å². The van der Waals surface area contributed by atoms with Crippen molar-refractivity contribution >= 4 is 22.9 Å². The molecule has 0 spiro atoms. The summed E-state index contributed by atoms with van der Waals surface area (Å²) in [4.78, 5) is 15.7. The number of nitrogens with one attached hydrogen (secondary N) is 1. The summed E-state index contributed by atoms with van der Waals surface area (Å²) in [6.45, 7) is 1.08. The summed E-state index contributed by atoms with van der Waals surface area (Å²) in [6, 6.07) is 13.7. The fourth-order valence-corrected chi connectivity index (χ4v) is 3.69. The van der Waals surface area contributed by atoms with Crippen molar-refractivity contribution in [1.82, 2.24) is 4.90 Å². The molecule has 112 valence electrons. The van der Waals surface area contributed by atoms with Gasteiger partial charge in [0.25, 0.3) is 0 Å². The molecule has 1 saturated heterocycles. The second kappa shape index (κ2) is 6.63. The number of amides is 1. The molecule has 0 saturated carbocycles. The number of hydrogen-bond acceptors (Lipinski definition) is 4. The Morgan fingerprint density at radius 1 is 1.41 bits per heavy atom. The van der Waals surface area contributed by atoms with E-state index in [9.17, 15) is 4.79 Å². The van der Waals surface area contributed by atoms with Crippen LogP contribution in [0.25, 0.3) is 0 Å². The second-order valence-electron chi connectivity index (χ2n) is 5.31. The normalized spacial score (nSPS) is 17.2. The molecule has 22 heavy (non-hydrogen) atoms. The van der Waals surface area contributed by atoms with Gasteiger partial charge in [0.05, 0.1) is 24.2 Å². The van der Waals surface area contributed by atoms with E-state index in [4.69, 9.17) is 5.26 Å². The van der Waals surface area contributed by atoms with Gasteiger partial charge in [0.15, 0.2) is 0 Å². The zero-order chi connectivity index (χ0) is 15.4. The van der Waals surface area contributed by atoms with Crippen LogP contribution in [0.3, 0.4) is 0 Å². The summed E-state index contributed by atoms with van der Waals surface area (Å²) in [7, 11) is 0. The predicted molar refractivity (Wildman–Crippen MR) is 87.7 cm³/mol. The average molecular weight is 311 g/mol. The van der Waals surface area contributed by atoms with E-state index in [0.29, 0.717) is 5.56 Å². The SMILES string of the molecule is N#Cc1cccc(NCC(=O)N2CCCC2c2cccs2)c1. The van der Waals surface area contributed by atoms with Crippen LogP contribution in [-0.4, -0.2) is 23.9 Å². The maximum absolute atomic E-state index is 12.5. The van der Waals surface area contributed by atoms with Gasteiger partial charge in [-0.3, -0.25) is 4.79 Å². The first-order valence-corrected chi connectivity index (χ1v) is 8.23. The van der Waals surface area contributed by atoms with Crippen molar-refractivity contribution in [1.29, 1.82) is 5.26 Å². The van der Waals surface area contributed by atoms with E-state index in [-0.39, 0.29) is 18.5 Å². The Bertz CT molecular complexity index is 690. The minimum atomic E-state index is 0.110. The molecule has 0 aliphatic carbocycles. The second-order valence-corrected chi connectivity index (χ2v) is 6.29. The van der Waals surface area contributed by atoms with Gasteiger partial charge in [-0.1, -0.05) is 12.1 Å². The lowest BCUT2D eigenvalue weighted by molar-refractivity contribution is -0.130. The van der Waals surface area contributed by atoms with Crippen LogP contribution in [0.4, 0.5) is 5.69 Å². The number of likely N-dealkylation sites (tertiary alicyclic amines) is 1. The molecular weight excluding hydrogens is 294 g/mol. The Morgan fingerprint density at radius 3 is 3.09 bits per heavy atom. The van der Waals surface area contributed by atoms with Crippen LogP contribution >= 0.6 is 11.3 Å². The fraction of sp³-hybridized carbons (Fsp3) is 0.294. The van der Waals surface area contributed by atoms with E-state index in [2.05, 4.69) is 22.8 Å². The van der Waals surface area contributed by atoms with Crippen molar-refractivity contribution in [3.63, 3.8) is 0 Å². The molecule has 1 amide bonds. The van der Waals surface area contributed by atoms with Crippen molar-refractivity contribution in [3.8, 4) is 6.07 Å². The number of carbonyl (C=O) groups is 1. The number of benzene rings is 1. The van der Waals surface area contributed by atoms with Crippen LogP contribution in [0, 0.1) is 11.3 Å². The predicted octanol–water partition coefficient (Wildman–Crippen LogP) is 3.40. The summed E-state index contributed by atoms with van der Waals surface area (Å²) in [5.74, 6) is 0.110. The monoisotopic (exact) mass is 311 g/mol. The lowest BCUT2D eigenvalue weighted by Gasteiger charge is -2.24. The van der Waals surface area contributed by atoms with Gasteiger partial charge in [0, 0.05) is 17.1 Å². The molecule has 1 unspecified atom stereocenters. The van der Waals surface area contributed by atoms with Crippen molar-refractivity contribution in [2.24, 2.45) is 0 Å². The number of nitrogens with zero attached hydrogens (tertiary/aromatic N) is 2. The summed E-state index contributed by atoms with van der Waals surface area (Å²) in [5.41, 5.74) is 1.40. The first-order valence-electron chi connectivity index (χ1n) is 7.35. The standard InChI is InChI=1S/C17H17N3OS/c18-11-13-4-1-5-14(10-13)19-12-17(21)20-8-2-6-15(20)16-7-3-9-22-16/h1,3-5,7,9-10,15,19H,2,6,8,12H2. The summed E-state index contributed by atoms with van der Waals surface area (Å²) in [6.07, 6.45) is 2.09. The van der Waals surface area contributed by atoms with E-state index < -0.39 is 0 Å². The van der Waals surface area contributed by atoms with Crippen LogP contribution in [0.2, 0.25) is 0 Å². The van der Waals surface area contributed by atoms with Crippen LogP contribution < -0.4 is 5.32 Å². The highest BCUT2D eigenvalue weighted by atomic mass is 32.1. The lowest BCUT2D eigenvalue weighted by atomic mass is 10.2. The van der Waals surface area contributed by atoms with Gasteiger partial charge in [-0.25, -0.2) is 0 Å². The third kappa shape index (κ3) is 3.12. The molecule has 0 bridgehead atoms. The summed E-state index contributed by atoms with van der Waals surface area (Å²) < 4.78 is 0. The van der Waals surface area contributed by atoms with Gasteiger partial charge in [-0.15, -0.1) is 11.3 Å². The van der Waals surface area contributed by atoms with E-state index in [1.165, 1.54) is 4.88 Å². The fourth-order valence-electron chi connectivity index (χ4n) is 2.82. The molecule has 1 N–H and O–H groups in total.